The summed E-state index contributed by atoms with van der Waals surface area (Å²) in [6.45, 7) is 0.562. The Hall–Kier alpha value is -2.31. The number of imidazole rings is 1. The molecule has 2 rings (SSSR count). The van der Waals surface area contributed by atoms with E-state index in [0.717, 1.165) is 19.3 Å². The molecule has 4 N–H and O–H groups in total. The molecule has 7 nitrogen and oxygen atoms in total. The number of carbonyl (C=O) groups is 2. The van der Waals surface area contributed by atoms with E-state index in [1.807, 2.05) is 0 Å². The van der Waals surface area contributed by atoms with Gasteiger partial charge in [0.25, 0.3) is 0 Å². The first-order valence-corrected chi connectivity index (χ1v) is 7.04. The van der Waals surface area contributed by atoms with Crippen LogP contribution in [0.5, 0.6) is 0 Å². The Bertz CT molecular complexity index is 498. The number of hydrogen-bond acceptors (Lipinski definition) is 3. The van der Waals surface area contributed by atoms with Crippen LogP contribution in [-0.2, 0) is 11.2 Å². The second kappa shape index (κ2) is 7.47. The number of nitrogens with zero attached hydrogens (tertiary/aromatic N) is 1. The van der Waals surface area contributed by atoms with Crippen LogP contribution in [0.4, 0.5) is 4.79 Å². The highest BCUT2D eigenvalue weighted by Crippen LogP contribution is 2.16. The molecule has 0 aromatic carbocycles. The summed E-state index contributed by atoms with van der Waals surface area (Å²) in [6, 6.07) is -1.42. The number of urea groups is 1. The Morgan fingerprint density at radius 1 is 1.48 bits per heavy atom. The first kappa shape index (κ1) is 15.1. The fraction of sp³-hybridized carbons (Fsp3) is 0.500. The van der Waals surface area contributed by atoms with Crippen molar-refractivity contribution in [3.63, 3.8) is 0 Å². The molecule has 0 saturated heterocycles. The first-order valence-electron chi connectivity index (χ1n) is 7.04. The maximum atomic E-state index is 11.8. The molecule has 2 atom stereocenters. The van der Waals surface area contributed by atoms with Crippen molar-refractivity contribution in [2.45, 2.75) is 31.7 Å². The predicted octanol–water partition coefficient (Wildman–Crippen LogP) is 1.06. The Morgan fingerprint density at radius 3 is 2.95 bits per heavy atom. The molecule has 0 radical (unpaired) electrons. The zero-order chi connectivity index (χ0) is 15.1. The standard InChI is InChI=1S/C14H20N4O3/c19-13(20)12(6-11-8-15-9-17-11)18-14(21)16-7-10-4-2-1-3-5-10/h1-2,8-10,12H,3-7H2,(H,15,17)(H,19,20)(H2,16,18,21). The number of aliphatic carboxylic acids is 1. The van der Waals surface area contributed by atoms with Gasteiger partial charge in [-0.05, 0) is 25.2 Å². The molecule has 7 heteroatoms. The Labute approximate surface area is 122 Å². The number of amides is 2. The minimum atomic E-state index is -1.07. The fourth-order valence-corrected chi connectivity index (χ4v) is 2.30. The lowest BCUT2D eigenvalue weighted by atomic mass is 9.94. The molecule has 0 fully saturated rings. The van der Waals surface area contributed by atoms with Crippen LogP contribution in [0.3, 0.4) is 0 Å². The average molecular weight is 292 g/mol. The van der Waals surface area contributed by atoms with Crippen LogP contribution in [0.1, 0.15) is 25.0 Å². The van der Waals surface area contributed by atoms with Crippen LogP contribution in [0.2, 0.25) is 0 Å². The van der Waals surface area contributed by atoms with Gasteiger partial charge in [0.2, 0.25) is 0 Å². The molecule has 1 aliphatic carbocycles. The van der Waals surface area contributed by atoms with E-state index >= 15 is 0 Å². The summed E-state index contributed by atoms with van der Waals surface area (Å²) in [5.41, 5.74) is 0.667. The van der Waals surface area contributed by atoms with Crippen LogP contribution in [-0.4, -0.2) is 39.7 Å². The van der Waals surface area contributed by atoms with Gasteiger partial charge in [0, 0.05) is 24.9 Å². The van der Waals surface area contributed by atoms with Crippen molar-refractivity contribution < 1.29 is 14.7 Å². The van der Waals surface area contributed by atoms with Crippen LogP contribution in [0.15, 0.2) is 24.7 Å². The largest absolute Gasteiger partial charge is 0.480 e. The minimum Gasteiger partial charge on any atom is -0.480 e. The van der Waals surface area contributed by atoms with Crippen molar-refractivity contribution in [1.29, 1.82) is 0 Å². The van der Waals surface area contributed by atoms with Crippen LogP contribution in [0.25, 0.3) is 0 Å². The summed E-state index contributed by atoms with van der Waals surface area (Å²) in [4.78, 5) is 29.6. The number of carbonyl (C=O) groups excluding carboxylic acids is 1. The van der Waals surface area contributed by atoms with Gasteiger partial charge in [0.05, 0.1) is 6.33 Å². The molecule has 2 unspecified atom stereocenters. The molecule has 0 saturated carbocycles. The minimum absolute atomic E-state index is 0.176. The summed E-state index contributed by atoms with van der Waals surface area (Å²) in [7, 11) is 0. The highest BCUT2D eigenvalue weighted by molar-refractivity contribution is 5.82. The lowest BCUT2D eigenvalue weighted by molar-refractivity contribution is -0.139. The number of hydrogen-bond donors (Lipinski definition) is 4. The lowest BCUT2D eigenvalue weighted by Crippen LogP contribution is -2.48. The van der Waals surface area contributed by atoms with Gasteiger partial charge >= 0.3 is 12.0 Å². The van der Waals surface area contributed by atoms with Crippen LogP contribution < -0.4 is 10.6 Å². The zero-order valence-corrected chi connectivity index (χ0v) is 11.7. The molecular formula is C14H20N4O3. The van der Waals surface area contributed by atoms with E-state index in [2.05, 4.69) is 32.8 Å². The van der Waals surface area contributed by atoms with E-state index in [1.165, 1.54) is 6.33 Å². The number of rotatable bonds is 6. The molecule has 0 aliphatic heterocycles. The van der Waals surface area contributed by atoms with Gasteiger partial charge in [-0.1, -0.05) is 12.2 Å². The Balaban J connectivity index is 1.78. The normalized spacial score (nSPS) is 19.0. The van der Waals surface area contributed by atoms with E-state index in [1.54, 1.807) is 6.20 Å². The molecule has 1 heterocycles. The molecular weight excluding hydrogens is 272 g/mol. The topological polar surface area (TPSA) is 107 Å². The highest BCUT2D eigenvalue weighted by Gasteiger charge is 2.21. The van der Waals surface area contributed by atoms with Gasteiger partial charge in [-0.3, -0.25) is 0 Å². The summed E-state index contributed by atoms with van der Waals surface area (Å²) in [5.74, 6) is -0.642. The molecule has 1 aromatic heterocycles. The van der Waals surface area contributed by atoms with Crippen molar-refractivity contribution >= 4 is 12.0 Å². The third-order valence-corrected chi connectivity index (χ3v) is 3.51. The lowest BCUT2D eigenvalue weighted by Gasteiger charge is -2.19. The molecule has 1 aromatic rings. The van der Waals surface area contributed by atoms with E-state index < -0.39 is 18.0 Å². The highest BCUT2D eigenvalue weighted by atomic mass is 16.4. The van der Waals surface area contributed by atoms with E-state index in [0.29, 0.717) is 18.2 Å². The van der Waals surface area contributed by atoms with Gasteiger partial charge < -0.3 is 20.7 Å². The van der Waals surface area contributed by atoms with E-state index in [4.69, 9.17) is 5.11 Å². The maximum absolute atomic E-state index is 11.8. The van der Waals surface area contributed by atoms with Gasteiger partial charge in [-0.2, -0.15) is 0 Å². The second-order valence-corrected chi connectivity index (χ2v) is 5.18. The molecule has 1 aliphatic rings. The number of aromatic nitrogens is 2. The molecule has 0 spiro atoms. The van der Waals surface area contributed by atoms with Gasteiger partial charge in [0.1, 0.15) is 6.04 Å². The van der Waals surface area contributed by atoms with E-state index in [9.17, 15) is 9.59 Å². The third-order valence-electron chi connectivity index (χ3n) is 3.51. The molecule has 0 bridgehead atoms. The van der Waals surface area contributed by atoms with Crippen LogP contribution >= 0.6 is 0 Å². The first-order chi connectivity index (χ1) is 10.1. The number of carboxylic acid groups (broad SMARTS) is 1. The van der Waals surface area contributed by atoms with Crippen molar-refractivity contribution in [3.05, 3.63) is 30.4 Å². The summed E-state index contributed by atoms with van der Waals surface area (Å²) in [6.07, 6.45) is 10.5. The molecule has 21 heavy (non-hydrogen) atoms. The van der Waals surface area contributed by atoms with E-state index in [-0.39, 0.29) is 6.42 Å². The van der Waals surface area contributed by atoms with Crippen molar-refractivity contribution in [2.24, 2.45) is 5.92 Å². The smallest absolute Gasteiger partial charge is 0.326 e. The number of aromatic amines is 1. The summed E-state index contributed by atoms with van der Waals surface area (Å²) in [5, 5.41) is 14.4. The number of allylic oxidation sites excluding steroid dienone is 2. The van der Waals surface area contributed by atoms with Gasteiger partial charge in [0.15, 0.2) is 0 Å². The number of nitrogens with one attached hydrogen (secondary N) is 3. The predicted molar refractivity (Wildman–Crippen MR) is 76.7 cm³/mol. The van der Waals surface area contributed by atoms with Crippen molar-refractivity contribution in [3.8, 4) is 0 Å². The fourth-order valence-electron chi connectivity index (χ4n) is 2.30. The number of H-pyrrole nitrogens is 1. The van der Waals surface area contributed by atoms with Crippen LogP contribution in [0, 0.1) is 5.92 Å². The molecule has 2 amide bonds. The SMILES string of the molecule is O=C(NCC1CC=CCC1)NC(Cc1cnc[nH]1)C(=O)O. The summed E-state index contributed by atoms with van der Waals surface area (Å²) >= 11 is 0. The third kappa shape index (κ3) is 4.94. The Kier molecular flexibility index (Phi) is 5.36. The quantitative estimate of drug-likeness (QED) is 0.588. The van der Waals surface area contributed by atoms with Crippen molar-refractivity contribution in [1.82, 2.24) is 20.6 Å². The maximum Gasteiger partial charge on any atom is 0.326 e. The zero-order valence-electron chi connectivity index (χ0n) is 11.7. The summed E-state index contributed by atoms with van der Waals surface area (Å²) < 4.78 is 0. The monoisotopic (exact) mass is 292 g/mol. The van der Waals surface area contributed by atoms with Gasteiger partial charge in [-0.25, -0.2) is 14.6 Å². The van der Waals surface area contributed by atoms with Gasteiger partial charge in [-0.15, -0.1) is 0 Å². The van der Waals surface area contributed by atoms with Crippen molar-refractivity contribution in [2.75, 3.05) is 6.54 Å². The average Bonchev–Trinajstić information content (AvgIpc) is 2.98. The Morgan fingerprint density at radius 2 is 2.33 bits per heavy atom. The molecule has 114 valence electrons. The number of carboxylic acids is 1. The second-order valence-electron chi connectivity index (χ2n) is 5.18.